The van der Waals surface area contributed by atoms with E-state index in [1.807, 2.05) is 37.3 Å². The summed E-state index contributed by atoms with van der Waals surface area (Å²) in [4.78, 5) is 0.384. The Hall–Kier alpha value is -1.69. The molecule has 0 aliphatic carbocycles. The van der Waals surface area contributed by atoms with Crippen LogP contribution in [0.15, 0.2) is 59.5 Å². The molecule has 0 unspecified atom stereocenters. The summed E-state index contributed by atoms with van der Waals surface area (Å²) in [7, 11) is -3.48. The minimum absolute atomic E-state index is 0.0251. The normalized spacial score (nSPS) is 26.1. The third kappa shape index (κ3) is 3.43. The summed E-state index contributed by atoms with van der Waals surface area (Å²) in [5.41, 5.74) is 2.33. The van der Waals surface area contributed by atoms with Crippen LogP contribution < -0.4 is 0 Å². The number of hydrogen-bond donors (Lipinski definition) is 0. The molecule has 5 heteroatoms. The van der Waals surface area contributed by atoms with E-state index in [2.05, 4.69) is 12.1 Å². The molecule has 2 heterocycles. The zero-order valence-electron chi connectivity index (χ0n) is 15.0. The van der Waals surface area contributed by atoms with Gasteiger partial charge in [0.2, 0.25) is 10.0 Å². The summed E-state index contributed by atoms with van der Waals surface area (Å²) in [5, 5.41) is 0. The standard InChI is InChI=1S/C21H25NO3S/c1-16-7-10-19(11-8-16)26(23,24)22-14-13-18-15-20(22)21(25-18)12-9-17-5-3-2-4-6-17/h2-8,10-11,18,20-21H,9,12-15H2,1H3/t18-,20+,21+/m0/s1. The van der Waals surface area contributed by atoms with Crippen molar-refractivity contribution in [1.29, 1.82) is 0 Å². The topological polar surface area (TPSA) is 46.6 Å². The summed E-state index contributed by atoms with van der Waals surface area (Å²) in [5.74, 6) is 0. The molecule has 2 bridgehead atoms. The molecule has 2 fully saturated rings. The van der Waals surface area contributed by atoms with E-state index in [0.29, 0.717) is 11.4 Å². The van der Waals surface area contributed by atoms with Gasteiger partial charge in [0.25, 0.3) is 0 Å². The first-order valence-electron chi connectivity index (χ1n) is 9.32. The molecule has 2 saturated heterocycles. The second kappa shape index (κ2) is 7.14. The number of benzene rings is 2. The van der Waals surface area contributed by atoms with E-state index in [0.717, 1.165) is 31.2 Å². The molecule has 0 amide bonds. The number of rotatable bonds is 5. The van der Waals surface area contributed by atoms with Crippen molar-refractivity contribution in [2.75, 3.05) is 6.54 Å². The largest absolute Gasteiger partial charge is 0.373 e. The molecule has 4 nitrogen and oxygen atoms in total. The van der Waals surface area contributed by atoms with Crippen LogP contribution in [0.2, 0.25) is 0 Å². The van der Waals surface area contributed by atoms with Crippen LogP contribution in [0.3, 0.4) is 0 Å². The quantitative estimate of drug-likeness (QED) is 0.807. The van der Waals surface area contributed by atoms with E-state index in [1.165, 1.54) is 5.56 Å². The smallest absolute Gasteiger partial charge is 0.243 e. The third-order valence-corrected chi connectivity index (χ3v) is 7.47. The number of fused-ring (bicyclic) bond motifs is 2. The SMILES string of the molecule is Cc1ccc(S(=O)(=O)N2CC[C@H]3C[C@@H]2[C@@H](CCc2ccccc2)O3)cc1. The number of sulfonamides is 1. The van der Waals surface area contributed by atoms with Gasteiger partial charge in [-0.2, -0.15) is 4.31 Å². The van der Waals surface area contributed by atoms with Gasteiger partial charge < -0.3 is 4.74 Å². The predicted molar refractivity (Wildman–Crippen MR) is 102 cm³/mol. The van der Waals surface area contributed by atoms with Crippen molar-refractivity contribution < 1.29 is 13.2 Å². The molecule has 26 heavy (non-hydrogen) atoms. The summed E-state index contributed by atoms with van der Waals surface area (Å²) in [6.07, 6.45) is 3.53. The van der Waals surface area contributed by atoms with Crippen molar-refractivity contribution in [2.24, 2.45) is 0 Å². The average Bonchev–Trinajstić information content (AvgIpc) is 2.96. The highest BCUT2D eigenvalue weighted by molar-refractivity contribution is 7.89. The van der Waals surface area contributed by atoms with E-state index >= 15 is 0 Å². The molecule has 0 spiro atoms. The molecule has 2 aliphatic heterocycles. The van der Waals surface area contributed by atoms with Crippen LogP contribution in [0.1, 0.15) is 30.4 Å². The molecule has 2 aliphatic rings. The fourth-order valence-corrected chi connectivity index (χ4v) is 5.77. The molecule has 2 aromatic carbocycles. The van der Waals surface area contributed by atoms with Gasteiger partial charge in [0.15, 0.2) is 0 Å². The van der Waals surface area contributed by atoms with Crippen molar-refractivity contribution >= 4 is 10.0 Å². The highest BCUT2D eigenvalue weighted by atomic mass is 32.2. The van der Waals surface area contributed by atoms with Crippen molar-refractivity contribution in [1.82, 2.24) is 4.31 Å². The predicted octanol–water partition coefficient (Wildman–Crippen LogP) is 3.55. The minimum atomic E-state index is -3.48. The van der Waals surface area contributed by atoms with Gasteiger partial charge in [-0.25, -0.2) is 8.42 Å². The van der Waals surface area contributed by atoms with Gasteiger partial charge in [-0.15, -0.1) is 0 Å². The number of hydrogen-bond acceptors (Lipinski definition) is 3. The Morgan fingerprint density at radius 3 is 2.54 bits per heavy atom. The van der Waals surface area contributed by atoms with Gasteiger partial charge in [-0.3, -0.25) is 0 Å². The first-order valence-corrected chi connectivity index (χ1v) is 10.8. The number of aryl methyl sites for hydroxylation is 2. The van der Waals surface area contributed by atoms with E-state index in [4.69, 9.17) is 4.74 Å². The van der Waals surface area contributed by atoms with Crippen LogP contribution in [0.25, 0.3) is 0 Å². The summed E-state index contributed by atoms with van der Waals surface area (Å²) in [6, 6.07) is 17.4. The van der Waals surface area contributed by atoms with Gasteiger partial charge >= 0.3 is 0 Å². The van der Waals surface area contributed by atoms with Gasteiger partial charge in [0.05, 0.1) is 23.1 Å². The fourth-order valence-electron chi connectivity index (χ4n) is 4.10. The second-order valence-electron chi connectivity index (χ2n) is 7.34. The molecular weight excluding hydrogens is 346 g/mol. The monoisotopic (exact) mass is 371 g/mol. The lowest BCUT2D eigenvalue weighted by molar-refractivity contribution is 0.0412. The maximum Gasteiger partial charge on any atom is 0.243 e. The summed E-state index contributed by atoms with van der Waals surface area (Å²) >= 11 is 0. The van der Waals surface area contributed by atoms with E-state index in [1.54, 1.807) is 16.4 Å². The van der Waals surface area contributed by atoms with Gasteiger partial charge in [0.1, 0.15) is 0 Å². The number of piperidine rings is 1. The number of nitrogens with zero attached hydrogens (tertiary/aromatic N) is 1. The van der Waals surface area contributed by atoms with E-state index < -0.39 is 10.0 Å². The van der Waals surface area contributed by atoms with Crippen molar-refractivity contribution in [3.63, 3.8) is 0 Å². The average molecular weight is 372 g/mol. The maximum atomic E-state index is 13.2. The Morgan fingerprint density at radius 2 is 1.81 bits per heavy atom. The zero-order valence-corrected chi connectivity index (χ0v) is 15.9. The van der Waals surface area contributed by atoms with Crippen LogP contribution in [-0.4, -0.2) is 37.5 Å². The minimum Gasteiger partial charge on any atom is -0.373 e. The first-order chi connectivity index (χ1) is 12.5. The third-order valence-electron chi connectivity index (χ3n) is 5.53. The lowest BCUT2D eigenvalue weighted by Gasteiger charge is -2.32. The van der Waals surface area contributed by atoms with Crippen LogP contribution in [0, 0.1) is 6.92 Å². The molecule has 0 aromatic heterocycles. The molecule has 138 valence electrons. The zero-order chi connectivity index (χ0) is 18.1. The Labute approximate surface area is 155 Å². The van der Waals surface area contributed by atoms with Crippen molar-refractivity contribution in [2.45, 2.75) is 55.8 Å². The Bertz CT molecular complexity index is 849. The second-order valence-corrected chi connectivity index (χ2v) is 9.23. The molecule has 3 atom stereocenters. The molecule has 0 radical (unpaired) electrons. The lowest BCUT2D eigenvalue weighted by atomic mass is 9.98. The maximum absolute atomic E-state index is 13.2. The number of ether oxygens (including phenoxy) is 1. The van der Waals surface area contributed by atoms with Crippen LogP contribution >= 0.6 is 0 Å². The lowest BCUT2D eigenvalue weighted by Crippen LogP contribution is -2.47. The highest BCUT2D eigenvalue weighted by Gasteiger charge is 2.46. The molecule has 2 aromatic rings. The van der Waals surface area contributed by atoms with Crippen LogP contribution in [-0.2, 0) is 21.2 Å². The molecule has 0 N–H and O–H groups in total. The Morgan fingerprint density at radius 1 is 1.08 bits per heavy atom. The van der Waals surface area contributed by atoms with Crippen molar-refractivity contribution in [3.8, 4) is 0 Å². The van der Waals surface area contributed by atoms with Crippen LogP contribution in [0.4, 0.5) is 0 Å². The summed E-state index contributed by atoms with van der Waals surface area (Å²) < 4.78 is 34.2. The van der Waals surface area contributed by atoms with E-state index in [9.17, 15) is 8.42 Å². The summed E-state index contributed by atoms with van der Waals surface area (Å²) in [6.45, 7) is 2.51. The van der Waals surface area contributed by atoms with Gasteiger partial charge in [-0.05, 0) is 50.3 Å². The first kappa shape index (κ1) is 17.7. The van der Waals surface area contributed by atoms with Crippen molar-refractivity contribution in [3.05, 3.63) is 65.7 Å². The molecular formula is C21H25NO3S. The fraction of sp³-hybridized carbons (Fsp3) is 0.429. The van der Waals surface area contributed by atoms with Gasteiger partial charge in [-0.1, -0.05) is 48.0 Å². The van der Waals surface area contributed by atoms with E-state index in [-0.39, 0.29) is 18.2 Å². The highest BCUT2D eigenvalue weighted by Crippen LogP contribution is 2.37. The molecule has 4 rings (SSSR count). The Balaban J connectivity index is 1.53. The van der Waals surface area contributed by atoms with Crippen LogP contribution in [0.5, 0.6) is 0 Å². The Kier molecular flexibility index (Phi) is 4.86. The molecule has 0 saturated carbocycles. The van der Waals surface area contributed by atoms with Gasteiger partial charge in [0, 0.05) is 6.54 Å².